The van der Waals surface area contributed by atoms with Crippen LogP contribution in [0.5, 0.6) is 11.5 Å². The number of hydrogen-bond acceptors (Lipinski definition) is 5. The van der Waals surface area contributed by atoms with Gasteiger partial charge in [0.1, 0.15) is 16.5 Å². The van der Waals surface area contributed by atoms with Gasteiger partial charge < -0.3 is 20.1 Å². The Bertz CT molecular complexity index is 1090. The molecule has 0 aliphatic rings. The first-order valence-corrected chi connectivity index (χ1v) is 11.6. The number of nitrogens with zero attached hydrogens (tertiary/aromatic N) is 1. The zero-order chi connectivity index (χ0) is 25.2. The first kappa shape index (κ1) is 25.8. The van der Waals surface area contributed by atoms with Gasteiger partial charge in [-0.2, -0.15) is 0 Å². The third kappa shape index (κ3) is 7.35. The lowest BCUT2D eigenvalue weighted by Crippen LogP contribution is -2.29. The van der Waals surface area contributed by atoms with Gasteiger partial charge in [0.15, 0.2) is 0 Å². The van der Waals surface area contributed by atoms with Gasteiger partial charge in [0.25, 0.3) is 5.69 Å². The third-order valence-electron chi connectivity index (χ3n) is 5.64. The fourth-order valence-corrected chi connectivity index (χ4v) is 3.97. The molecular weight excluding hydrogens is 470 g/mol. The highest BCUT2D eigenvalue weighted by Crippen LogP contribution is 2.32. The maximum absolute atomic E-state index is 12.2. The molecule has 3 rings (SSSR count). The van der Waals surface area contributed by atoms with E-state index in [1.165, 1.54) is 29.3 Å². The van der Waals surface area contributed by atoms with Crippen molar-refractivity contribution in [2.24, 2.45) is 0 Å². The second kappa shape index (κ2) is 12.6. The highest BCUT2D eigenvalue weighted by molar-refractivity contribution is 6.32. The predicted molar refractivity (Wildman–Crippen MR) is 137 cm³/mol. The van der Waals surface area contributed by atoms with Gasteiger partial charge >= 0.3 is 6.03 Å². The van der Waals surface area contributed by atoms with Crippen molar-refractivity contribution in [1.82, 2.24) is 5.32 Å². The van der Waals surface area contributed by atoms with Gasteiger partial charge in [0, 0.05) is 24.2 Å². The van der Waals surface area contributed by atoms with E-state index in [0.717, 1.165) is 30.8 Å². The molecule has 0 fully saturated rings. The lowest BCUT2D eigenvalue weighted by molar-refractivity contribution is -0.384. The van der Waals surface area contributed by atoms with E-state index in [1.54, 1.807) is 14.2 Å². The molecule has 3 aromatic rings. The molecule has 35 heavy (non-hydrogen) atoms. The van der Waals surface area contributed by atoms with E-state index in [1.807, 2.05) is 24.3 Å². The fraction of sp³-hybridized carbons (Fsp3) is 0.269. The summed E-state index contributed by atoms with van der Waals surface area (Å²) in [6, 6.07) is 19.8. The van der Waals surface area contributed by atoms with Crippen molar-refractivity contribution in [3.63, 3.8) is 0 Å². The van der Waals surface area contributed by atoms with E-state index in [9.17, 15) is 14.9 Å². The first-order chi connectivity index (χ1) is 16.9. The van der Waals surface area contributed by atoms with Crippen LogP contribution < -0.4 is 20.1 Å². The Morgan fingerprint density at radius 1 is 0.943 bits per heavy atom. The second-order valence-electron chi connectivity index (χ2n) is 7.90. The molecule has 0 unspecified atom stereocenters. The van der Waals surface area contributed by atoms with E-state index >= 15 is 0 Å². The first-order valence-electron chi connectivity index (χ1n) is 11.2. The average Bonchev–Trinajstić information content (AvgIpc) is 2.87. The molecule has 0 aromatic heterocycles. The summed E-state index contributed by atoms with van der Waals surface area (Å²) < 4.78 is 10.6. The van der Waals surface area contributed by atoms with Crippen LogP contribution in [0.25, 0.3) is 0 Å². The highest BCUT2D eigenvalue weighted by Gasteiger charge is 2.16. The average molecular weight is 498 g/mol. The quantitative estimate of drug-likeness (QED) is 0.181. The van der Waals surface area contributed by atoms with E-state index in [0.29, 0.717) is 12.2 Å². The van der Waals surface area contributed by atoms with Crippen molar-refractivity contribution in [3.8, 4) is 11.5 Å². The van der Waals surface area contributed by atoms with Crippen LogP contribution in [-0.4, -0.2) is 31.7 Å². The van der Waals surface area contributed by atoms with Gasteiger partial charge in [-0.3, -0.25) is 10.1 Å². The minimum absolute atomic E-state index is 0.0178. The van der Waals surface area contributed by atoms with Crippen molar-refractivity contribution in [2.45, 2.75) is 25.2 Å². The summed E-state index contributed by atoms with van der Waals surface area (Å²) in [5, 5.41) is 16.4. The number of unbranched alkanes of at least 4 members (excludes halogenated alkanes) is 1. The Labute approximate surface area is 209 Å². The standard InChI is InChI=1S/C26H28ClN3O5/c1-34-21-11-6-18(7-12-21)23(19-8-13-22(35-2)14-9-19)5-3-4-16-28-26(31)29-20-10-15-24(27)25(17-20)30(32)33/h6-15,17,23H,3-5,16H2,1-2H3,(H2,28,29,31). The summed E-state index contributed by atoms with van der Waals surface area (Å²) in [7, 11) is 3.29. The van der Waals surface area contributed by atoms with Crippen LogP contribution in [0.2, 0.25) is 5.02 Å². The molecule has 0 saturated carbocycles. The molecule has 8 nitrogen and oxygen atoms in total. The number of nitro groups is 1. The number of nitro benzene ring substituents is 1. The maximum atomic E-state index is 12.2. The Morgan fingerprint density at radius 2 is 1.51 bits per heavy atom. The lowest BCUT2D eigenvalue weighted by atomic mass is 9.87. The topological polar surface area (TPSA) is 103 Å². The van der Waals surface area contributed by atoms with Crippen molar-refractivity contribution in [2.75, 3.05) is 26.1 Å². The fourth-order valence-electron chi connectivity index (χ4n) is 3.78. The number of carbonyl (C=O) groups excluding carboxylic acids is 1. The highest BCUT2D eigenvalue weighted by atomic mass is 35.5. The van der Waals surface area contributed by atoms with Crippen molar-refractivity contribution >= 4 is 29.0 Å². The van der Waals surface area contributed by atoms with Gasteiger partial charge in [-0.05, 0) is 60.4 Å². The Morgan fingerprint density at radius 3 is 2.03 bits per heavy atom. The number of halogens is 1. The van der Waals surface area contributed by atoms with Gasteiger partial charge in [0.05, 0.1) is 19.1 Å². The molecule has 0 atom stereocenters. The lowest BCUT2D eigenvalue weighted by Gasteiger charge is -2.19. The summed E-state index contributed by atoms with van der Waals surface area (Å²) in [6.07, 6.45) is 2.55. The number of nitrogens with one attached hydrogen (secondary N) is 2. The van der Waals surface area contributed by atoms with Crippen LogP contribution in [0.3, 0.4) is 0 Å². The number of urea groups is 1. The van der Waals surface area contributed by atoms with Crippen molar-refractivity contribution in [1.29, 1.82) is 0 Å². The van der Waals surface area contributed by atoms with Gasteiger partial charge in [-0.1, -0.05) is 42.3 Å². The molecule has 2 N–H and O–H groups in total. The monoisotopic (exact) mass is 497 g/mol. The zero-order valence-corrected chi connectivity index (χ0v) is 20.4. The van der Waals surface area contributed by atoms with Crippen molar-refractivity contribution < 1.29 is 19.2 Å². The summed E-state index contributed by atoms with van der Waals surface area (Å²) in [4.78, 5) is 22.6. The molecule has 0 spiro atoms. The molecule has 3 aromatic carbocycles. The Balaban J connectivity index is 1.54. The number of benzene rings is 3. The number of anilines is 1. The maximum Gasteiger partial charge on any atom is 0.319 e. The van der Waals surface area contributed by atoms with Gasteiger partial charge in [0.2, 0.25) is 0 Å². The molecule has 0 saturated heterocycles. The molecule has 0 radical (unpaired) electrons. The van der Waals surface area contributed by atoms with E-state index in [2.05, 4.69) is 34.9 Å². The van der Waals surface area contributed by atoms with E-state index < -0.39 is 11.0 Å². The number of carbonyl (C=O) groups is 1. The largest absolute Gasteiger partial charge is 0.497 e. The summed E-state index contributed by atoms with van der Waals surface area (Å²) in [5.41, 5.74) is 2.42. The molecule has 0 aliphatic carbocycles. The van der Waals surface area contributed by atoms with Gasteiger partial charge in [-0.25, -0.2) is 4.79 Å². The molecule has 9 heteroatoms. The van der Waals surface area contributed by atoms with Crippen LogP contribution in [0.1, 0.15) is 36.3 Å². The Kier molecular flexibility index (Phi) is 9.31. The second-order valence-corrected chi connectivity index (χ2v) is 8.31. The normalized spacial score (nSPS) is 10.6. The van der Waals surface area contributed by atoms with Crippen LogP contribution >= 0.6 is 11.6 Å². The molecular formula is C26H28ClN3O5. The minimum Gasteiger partial charge on any atom is -0.497 e. The minimum atomic E-state index is -0.590. The van der Waals surface area contributed by atoms with Crippen molar-refractivity contribution in [3.05, 3.63) is 93.0 Å². The van der Waals surface area contributed by atoms with Crippen LogP contribution in [0, 0.1) is 10.1 Å². The zero-order valence-electron chi connectivity index (χ0n) is 19.6. The molecule has 0 aliphatic heterocycles. The van der Waals surface area contributed by atoms with Gasteiger partial charge in [-0.15, -0.1) is 0 Å². The van der Waals surface area contributed by atoms with E-state index in [-0.39, 0.29) is 16.6 Å². The van der Waals surface area contributed by atoms with Crippen LogP contribution in [0.15, 0.2) is 66.7 Å². The summed E-state index contributed by atoms with van der Waals surface area (Å²) in [5.74, 6) is 1.81. The van der Waals surface area contributed by atoms with E-state index in [4.69, 9.17) is 21.1 Å². The number of amides is 2. The smallest absolute Gasteiger partial charge is 0.319 e. The number of ether oxygens (including phenoxy) is 2. The predicted octanol–water partition coefficient (Wildman–Crippen LogP) is 6.39. The number of methoxy groups -OCH3 is 2. The third-order valence-corrected chi connectivity index (χ3v) is 5.96. The summed E-state index contributed by atoms with van der Waals surface area (Å²) in [6.45, 7) is 0.472. The Hall–Kier alpha value is -3.78. The molecule has 184 valence electrons. The SMILES string of the molecule is COc1ccc(C(CCCCNC(=O)Nc2ccc(Cl)c([N+](=O)[O-])c2)c2ccc(OC)cc2)cc1. The summed E-state index contributed by atoms with van der Waals surface area (Å²) >= 11 is 5.81. The van der Waals surface area contributed by atoms with Crippen LogP contribution in [0.4, 0.5) is 16.2 Å². The molecule has 0 heterocycles. The van der Waals surface area contributed by atoms with Crippen LogP contribution in [-0.2, 0) is 0 Å². The number of hydrogen-bond donors (Lipinski definition) is 2. The number of rotatable bonds is 11. The molecule has 2 amide bonds. The molecule has 0 bridgehead atoms.